The Hall–Kier alpha value is -1.80. The van der Waals surface area contributed by atoms with Gasteiger partial charge in [-0.2, -0.15) is 13.2 Å². The predicted octanol–water partition coefficient (Wildman–Crippen LogP) is 2.26. The van der Waals surface area contributed by atoms with Crippen LogP contribution in [-0.2, 0) is 4.79 Å². The summed E-state index contributed by atoms with van der Waals surface area (Å²) < 4.78 is 36.3. The first kappa shape index (κ1) is 21.2. The van der Waals surface area contributed by atoms with Crippen molar-refractivity contribution >= 4 is 29.9 Å². The number of benzene rings is 1. The zero-order valence-electron chi connectivity index (χ0n) is 12.7. The number of halogens is 4. The monoisotopic (exact) mass is 353 g/mol. The molecule has 1 aromatic rings. The van der Waals surface area contributed by atoms with E-state index in [1.54, 1.807) is 25.4 Å². The van der Waals surface area contributed by atoms with Crippen LogP contribution in [0.1, 0.15) is 22.3 Å². The molecule has 0 aliphatic heterocycles. The largest absolute Gasteiger partial charge is 0.405 e. The number of hydrogen-bond donors (Lipinski definition) is 3. The molecule has 0 fully saturated rings. The fraction of sp³-hybridized carbons (Fsp3) is 0.429. The van der Waals surface area contributed by atoms with Gasteiger partial charge in [0.15, 0.2) is 0 Å². The van der Waals surface area contributed by atoms with Gasteiger partial charge >= 0.3 is 6.18 Å². The molecule has 23 heavy (non-hydrogen) atoms. The normalized spacial score (nSPS) is 10.7. The molecular weight excluding hydrogens is 335 g/mol. The van der Waals surface area contributed by atoms with Gasteiger partial charge in [-0.15, -0.1) is 12.4 Å². The van der Waals surface area contributed by atoms with E-state index in [0.717, 1.165) is 0 Å². The molecule has 3 N–H and O–H groups in total. The van der Waals surface area contributed by atoms with E-state index in [9.17, 15) is 22.8 Å². The SMILES string of the molecule is CNCCC(=O)Nc1cc(C(=O)NCC(F)(F)F)ccc1C.Cl. The molecule has 0 radical (unpaired) electrons. The van der Waals surface area contributed by atoms with Gasteiger partial charge in [0.05, 0.1) is 0 Å². The Labute approximate surface area is 138 Å². The number of aryl methyl sites for hydroxylation is 1. The van der Waals surface area contributed by atoms with Gasteiger partial charge in [0.2, 0.25) is 5.91 Å². The third kappa shape index (κ3) is 7.85. The highest BCUT2D eigenvalue weighted by molar-refractivity contribution is 5.97. The standard InChI is InChI=1S/C14H18F3N3O2.ClH/c1-9-3-4-10(13(22)19-8-14(15,16)17)7-11(9)20-12(21)5-6-18-2;/h3-4,7,18H,5-6,8H2,1-2H3,(H,19,22)(H,20,21);1H. The molecule has 1 rings (SSSR count). The van der Waals surface area contributed by atoms with Crippen molar-refractivity contribution in [3.8, 4) is 0 Å². The van der Waals surface area contributed by atoms with E-state index < -0.39 is 18.6 Å². The minimum Gasteiger partial charge on any atom is -0.343 e. The topological polar surface area (TPSA) is 70.2 Å². The zero-order chi connectivity index (χ0) is 16.8. The van der Waals surface area contributed by atoms with Crippen LogP contribution in [0.3, 0.4) is 0 Å². The highest BCUT2D eigenvalue weighted by atomic mass is 35.5. The lowest BCUT2D eigenvalue weighted by Crippen LogP contribution is -2.33. The Bertz CT molecular complexity index is 551. The summed E-state index contributed by atoms with van der Waals surface area (Å²) in [6.45, 7) is 0.825. The average molecular weight is 354 g/mol. The molecule has 0 saturated carbocycles. The van der Waals surface area contributed by atoms with E-state index in [1.165, 1.54) is 12.1 Å². The maximum Gasteiger partial charge on any atom is 0.405 e. The summed E-state index contributed by atoms with van der Waals surface area (Å²) in [6, 6.07) is 4.33. The second kappa shape index (κ2) is 9.36. The summed E-state index contributed by atoms with van der Waals surface area (Å²) >= 11 is 0. The molecule has 0 aliphatic carbocycles. The molecule has 0 spiro atoms. The Kier molecular flexibility index (Phi) is 8.63. The summed E-state index contributed by atoms with van der Waals surface area (Å²) in [5.74, 6) is -1.09. The van der Waals surface area contributed by atoms with Crippen molar-refractivity contribution < 1.29 is 22.8 Å². The highest BCUT2D eigenvalue weighted by Gasteiger charge is 2.28. The quantitative estimate of drug-likeness (QED) is 0.734. The summed E-state index contributed by atoms with van der Waals surface area (Å²) in [7, 11) is 1.71. The van der Waals surface area contributed by atoms with Gasteiger partial charge in [0, 0.05) is 24.2 Å². The number of amides is 2. The molecule has 2 amide bonds. The predicted molar refractivity (Wildman–Crippen MR) is 84.0 cm³/mol. The van der Waals surface area contributed by atoms with E-state index in [1.807, 2.05) is 0 Å². The van der Waals surface area contributed by atoms with Crippen LogP contribution in [0.5, 0.6) is 0 Å². The molecule has 0 aliphatic rings. The third-order valence-electron chi connectivity index (χ3n) is 2.83. The second-order valence-electron chi connectivity index (χ2n) is 4.73. The number of carbonyl (C=O) groups is 2. The maximum absolute atomic E-state index is 12.1. The van der Waals surface area contributed by atoms with E-state index >= 15 is 0 Å². The van der Waals surface area contributed by atoms with E-state index in [4.69, 9.17) is 0 Å². The molecular formula is C14H19ClF3N3O2. The van der Waals surface area contributed by atoms with Gasteiger partial charge in [-0.05, 0) is 31.7 Å². The van der Waals surface area contributed by atoms with Crippen molar-refractivity contribution in [2.45, 2.75) is 19.5 Å². The molecule has 0 aromatic heterocycles. The lowest BCUT2D eigenvalue weighted by Gasteiger charge is -2.12. The second-order valence-corrected chi connectivity index (χ2v) is 4.73. The van der Waals surface area contributed by atoms with E-state index in [0.29, 0.717) is 17.8 Å². The van der Waals surface area contributed by atoms with Crippen molar-refractivity contribution in [2.75, 3.05) is 25.5 Å². The molecule has 0 unspecified atom stereocenters. The lowest BCUT2D eigenvalue weighted by atomic mass is 10.1. The summed E-state index contributed by atoms with van der Waals surface area (Å²) in [4.78, 5) is 23.3. The molecule has 130 valence electrons. The number of anilines is 1. The van der Waals surface area contributed by atoms with Crippen LogP contribution in [0.2, 0.25) is 0 Å². The maximum atomic E-state index is 12.1. The lowest BCUT2D eigenvalue weighted by molar-refractivity contribution is -0.123. The van der Waals surface area contributed by atoms with Gasteiger partial charge < -0.3 is 16.0 Å². The number of nitrogens with one attached hydrogen (secondary N) is 3. The zero-order valence-corrected chi connectivity index (χ0v) is 13.5. The van der Waals surface area contributed by atoms with Crippen molar-refractivity contribution in [3.05, 3.63) is 29.3 Å². The van der Waals surface area contributed by atoms with Crippen LogP contribution >= 0.6 is 12.4 Å². The van der Waals surface area contributed by atoms with Gasteiger partial charge in [-0.3, -0.25) is 9.59 Å². The Balaban J connectivity index is 0.00000484. The molecule has 0 saturated heterocycles. The van der Waals surface area contributed by atoms with Crippen molar-refractivity contribution in [1.82, 2.24) is 10.6 Å². The Morgan fingerprint density at radius 2 is 1.87 bits per heavy atom. The number of hydrogen-bond acceptors (Lipinski definition) is 3. The van der Waals surface area contributed by atoms with Crippen LogP contribution in [0.4, 0.5) is 18.9 Å². The fourth-order valence-corrected chi connectivity index (χ4v) is 1.63. The number of rotatable bonds is 6. The molecule has 0 bridgehead atoms. The van der Waals surface area contributed by atoms with Gasteiger partial charge in [0.1, 0.15) is 6.54 Å². The van der Waals surface area contributed by atoms with Gasteiger partial charge in [-0.1, -0.05) is 6.07 Å². The summed E-state index contributed by atoms with van der Waals surface area (Å²) in [5, 5.41) is 7.25. The number of alkyl halides is 3. The molecule has 0 atom stereocenters. The van der Waals surface area contributed by atoms with Crippen LogP contribution in [0.15, 0.2) is 18.2 Å². The van der Waals surface area contributed by atoms with Crippen molar-refractivity contribution in [2.24, 2.45) is 0 Å². The van der Waals surface area contributed by atoms with Crippen molar-refractivity contribution in [3.63, 3.8) is 0 Å². The van der Waals surface area contributed by atoms with Gasteiger partial charge in [-0.25, -0.2) is 0 Å². The Morgan fingerprint density at radius 1 is 1.22 bits per heavy atom. The molecule has 0 heterocycles. The minimum absolute atomic E-state index is 0. The third-order valence-corrected chi connectivity index (χ3v) is 2.83. The van der Waals surface area contributed by atoms with Crippen LogP contribution in [0.25, 0.3) is 0 Å². The van der Waals surface area contributed by atoms with Crippen molar-refractivity contribution in [1.29, 1.82) is 0 Å². The van der Waals surface area contributed by atoms with Gasteiger partial charge in [0.25, 0.3) is 5.91 Å². The van der Waals surface area contributed by atoms with Crippen LogP contribution in [-0.4, -0.2) is 38.1 Å². The van der Waals surface area contributed by atoms with Crippen LogP contribution < -0.4 is 16.0 Å². The molecule has 5 nitrogen and oxygen atoms in total. The van der Waals surface area contributed by atoms with E-state index in [2.05, 4.69) is 10.6 Å². The first-order valence-corrected chi connectivity index (χ1v) is 6.63. The minimum atomic E-state index is -4.47. The number of carbonyl (C=O) groups excluding carboxylic acids is 2. The summed E-state index contributed by atoms with van der Waals surface area (Å²) in [6.07, 6.45) is -4.22. The smallest absolute Gasteiger partial charge is 0.343 e. The molecule has 1 aromatic carbocycles. The van der Waals surface area contributed by atoms with Crippen LogP contribution in [0, 0.1) is 6.92 Å². The Morgan fingerprint density at radius 3 is 2.43 bits per heavy atom. The first-order chi connectivity index (χ1) is 10.2. The summed E-state index contributed by atoms with van der Waals surface area (Å²) in [5.41, 5.74) is 1.17. The average Bonchev–Trinajstić information content (AvgIpc) is 2.44. The first-order valence-electron chi connectivity index (χ1n) is 6.63. The molecule has 9 heteroatoms. The van der Waals surface area contributed by atoms with E-state index in [-0.39, 0.29) is 30.3 Å². The highest BCUT2D eigenvalue weighted by Crippen LogP contribution is 2.18. The fourth-order valence-electron chi connectivity index (χ4n) is 1.63.